The van der Waals surface area contributed by atoms with Crippen LogP contribution >= 0.6 is 11.6 Å². The summed E-state index contributed by atoms with van der Waals surface area (Å²) in [5.41, 5.74) is 5.73. The molecule has 0 radical (unpaired) electrons. The minimum Gasteiger partial charge on any atom is -0.457 e. The first-order valence-electron chi connectivity index (χ1n) is 11.0. The van der Waals surface area contributed by atoms with Crippen LogP contribution in [0.25, 0.3) is 0 Å². The molecule has 1 aliphatic heterocycles. The summed E-state index contributed by atoms with van der Waals surface area (Å²) in [6.45, 7) is 2.00. The molecule has 1 amide bonds. The Kier molecular flexibility index (Phi) is 7.24. The highest BCUT2D eigenvalue weighted by molar-refractivity contribution is 6.30. The minimum atomic E-state index is -0.807. The third-order valence-electron chi connectivity index (χ3n) is 5.98. The van der Waals surface area contributed by atoms with Crippen LogP contribution in [0.2, 0.25) is 5.02 Å². The standard InChI is InChI=1S/C22H27ClN6O4/c23-15-3-5-16(6-4-15)25-21-27-17(26-20(24)28-21)14-33-19(31)22(7-1-2-8-22)13-18(30)29-9-11-32-12-10-29/h3-6H,1-2,7-14H2,(H3,24,25,26,27,28). The van der Waals surface area contributed by atoms with Crippen molar-refractivity contribution in [1.82, 2.24) is 19.9 Å². The predicted molar refractivity (Wildman–Crippen MR) is 122 cm³/mol. The third kappa shape index (κ3) is 5.88. The monoisotopic (exact) mass is 474 g/mol. The molecule has 2 aliphatic rings. The lowest BCUT2D eigenvalue weighted by Crippen LogP contribution is -2.44. The molecule has 33 heavy (non-hydrogen) atoms. The number of rotatable bonds is 7. The smallest absolute Gasteiger partial charge is 0.313 e. The van der Waals surface area contributed by atoms with Gasteiger partial charge in [0.15, 0.2) is 12.4 Å². The highest BCUT2D eigenvalue weighted by atomic mass is 35.5. The van der Waals surface area contributed by atoms with Crippen LogP contribution in [-0.4, -0.2) is 58.0 Å². The molecule has 2 fully saturated rings. The molecule has 0 bridgehead atoms. The number of halogens is 1. The summed E-state index contributed by atoms with van der Waals surface area (Å²) in [7, 11) is 0. The molecule has 1 aromatic heterocycles. The van der Waals surface area contributed by atoms with E-state index in [1.54, 1.807) is 29.2 Å². The van der Waals surface area contributed by atoms with E-state index in [9.17, 15) is 9.59 Å². The lowest BCUT2D eigenvalue weighted by molar-refractivity contribution is -0.161. The van der Waals surface area contributed by atoms with Gasteiger partial charge in [0.05, 0.1) is 18.6 Å². The molecule has 2 heterocycles. The Morgan fingerprint density at radius 2 is 1.82 bits per heavy atom. The lowest BCUT2D eigenvalue weighted by Gasteiger charge is -2.31. The number of carbonyl (C=O) groups is 2. The van der Waals surface area contributed by atoms with Crippen LogP contribution in [0.5, 0.6) is 0 Å². The van der Waals surface area contributed by atoms with Gasteiger partial charge in [-0.25, -0.2) is 0 Å². The molecule has 1 aromatic carbocycles. The van der Waals surface area contributed by atoms with E-state index in [0.29, 0.717) is 44.2 Å². The van der Waals surface area contributed by atoms with Crippen molar-refractivity contribution in [2.45, 2.75) is 38.7 Å². The molecule has 10 nitrogen and oxygen atoms in total. The number of ether oxygens (including phenoxy) is 2. The van der Waals surface area contributed by atoms with Crippen LogP contribution in [0, 0.1) is 5.41 Å². The molecule has 1 saturated heterocycles. The molecule has 11 heteroatoms. The highest BCUT2D eigenvalue weighted by Crippen LogP contribution is 2.43. The Hall–Kier alpha value is -2.98. The van der Waals surface area contributed by atoms with E-state index in [1.165, 1.54) is 0 Å². The van der Waals surface area contributed by atoms with Gasteiger partial charge in [-0.05, 0) is 37.1 Å². The van der Waals surface area contributed by atoms with Crippen molar-refractivity contribution in [3.05, 3.63) is 35.1 Å². The van der Waals surface area contributed by atoms with E-state index in [2.05, 4.69) is 20.3 Å². The fourth-order valence-electron chi connectivity index (χ4n) is 4.22. The SMILES string of the molecule is Nc1nc(COC(=O)C2(CC(=O)N3CCOCC3)CCCC2)nc(Nc2ccc(Cl)cc2)n1. The number of nitrogens with one attached hydrogen (secondary N) is 1. The van der Waals surface area contributed by atoms with Gasteiger partial charge < -0.3 is 25.4 Å². The molecule has 0 spiro atoms. The number of nitrogen functional groups attached to an aromatic ring is 1. The Morgan fingerprint density at radius 3 is 2.52 bits per heavy atom. The van der Waals surface area contributed by atoms with Gasteiger partial charge >= 0.3 is 5.97 Å². The maximum absolute atomic E-state index is 13.1. The van der Waals surface area contributed by atoms with Gasteiger partial charge in [0.25, 0.3) is 0 Å². The van der Waals surface area contributed by atoms with Crippen molar-refractivity contribution in [3.63, 3.8) is 0 Å². The molecule has 0 unspecified atom stereocenters. The Morgan fingerprint density at radius 1 is 1.12 bits per heavy atom. The number of amides is 1. The second-order valence-corrected chi connectivity index (χ2v) is 8.74. The van der Waals surface area contributed by atoms with Gasteiger partial charge in [-0.2, -0.15) is 15.0 Å². The van der Waals surface area contributed by atoms with E-state index in [0.717, 1.165) is 18.5 Å². The molecule has 0 atom stereocenters. The number of aromatic nitrogens is 3. The highest BCUT2D eigenvalue weighted by Gasteiger charge is 2.45. The average Bonchev–Trinajstić information content (AvgIpc) is 3.29. The van der Waals surface area contributed by atoms with Crippen LogP contribution < -0.4 is 11.1 Å². The van der Waals surface area contributed by atoms with Crippen LogP contribution in [0.1, 0.15) is 37.9 Å². The van der Waals surface area contributed by atoms with Gasteiger partial charge in [0, 0.05) is 30.2 Å². The maximum atomic E-state index is 13.1. The number of anilines is 3. The number of morpholine rings is 1. The molecule has 3 N–H and O–H groups in total. The van der Waals surface area contributed by atoms with Crippen molar-refractivity contribution >= 4 is 41.1 Å². The summed E-state index contributed by atoms with van der Waals surface area (Å²) in [4.78, 5) is 40.1. The third-order valence-corrected chi connectivity index (χ3v) is 6.23. The van der Waals surface area contributed by atoms with Crippen LogP contribution in [-0.2, 0) is 25.7 Å². The van der Waals surface area contributed by atoms with Crippen molar-refractivity contribution in [3.8, 4) is 0 Å². The van der Waals surface area contributed by atoms with Crippen LogP contribution in [0.3, 0.4) is 0 Å². The van der Waals surface area contributed by atoms with Crippen LogP contribution in [0.15, 0.2) is 24.3 Å². The van der Waals surface area contributed by atoms with E-state index >= 15 is 0 Å². The zero-order valence-electron chi connectivity index (χ0n) is 18.3. The number of esters is 1. The summed E-state index contributed by atoms with van der Waals surface area (Å²) in [6.07, 6.45) is 3.18. The molecule has 2 aromatic rings. The normalized spacial score (nSPS) is 17.5. The predicted octanol–water partition coefficient (Wildman–Crippen LogP) is 2.70. The first-order valence-corrected chi connectivity index (χ1v) is 11.4. The number of hydrogen-bond acceptors (Lipinski definition) is 9. The topological polar surface area (TPSA) is 133 Å². The minimum absolute atomic E-state index is 0.00517. The van der Waals surface area contributed by atoms with E-state index < -0.39 is 11.4 Å². The maximum Gasteiger partial charge on any atom is 0.313 e. The second-order valence-electron chi connectivity index (χ2n) is 8.30. The first kappa shape index (κ1) is 23.2. The average molecular weight is 475 g/mol. The number of nitrogens with two attached hydrogens (primary N) is 1. The van der Waals surface area contributed by atoms with E-state index in [1.807, 2.05) is 0 Å². The van der Waals surface area contributed by atoms with Crippen LogP contribution in [0.4, 0.5) is 17.6 Å². The first-order chi connectivity index (χ1) is 15.9. The van der Waals surface area contributed by atoms with Gasteiger partial charge in [-0.1, -0.05) is 24.4 Å². The zero-order chi connectivity index (χ0) is 23.3. The van der Waals surface area contributed by atoms with Crippen molar-refractivity contribution in [2.24, 2.45) is 5.41 Å². The zero-order valence-corrected chi connectivity index (χ0v) is 19.0. The molecular formula is C22H27ClN6O4. The fraction of sp³-hybridized carbons (Fsp3) is 0.500. The van der Waals surface area contributed by atoms with Gasteiger partial charge in [0.1, 0.15) is 0 Å². The Balaban J connectivity index is 1.40. The summed E-state index contributed by atoms with van der Waals surface area (Å²) in [6, 6.07) is 7.02. The number of nitrogens with zero attached hydrogens (tertiary/aromatic N) is 4. The van der Waals surface area contributed by atoms with Gasteiger partial charge in [-0.3, -0.25) is 9.59 Å². The molecule has 1 aliphatic carbocycles. The number of carbonyl (C=O) groups excluding carboxylic acids is 2. The summed E-state index contributed by atoms with van der Waals surface area (Å²) in [5, 5.41) is 3.63. The fourth-order valence-corrected chi connectivity index (χ4v) is 4.35. The quantitative estimate of drug-likeness (QED) is 0.581. The summed E-state index contributed by atoms with van der Waals surface area (Å²) < 4.78 is 10.9. The van der Waals surface area contributed by atoms with E-state index in [-0.39, 0.29) is 36.7 Å². The van der Waals surface area contributed by atoms with Crippen molar-refractivity contribution in [1.29, 1.82) is 0 Å². The Labute approximate surface area is 196 Å². The van der Waals surface area contributed by atoms with Crippen molar-refractivity contribution in [2.75, 3.05) is 37.4 Å². The van der Waals surface area contributed by atoms with Gasteiger partial charge in [-0.15, -0.1) is 0 Å². The van der Waals surface area contributed by atoms with Crippen molar-refractivity contribution < 1.29 is 19.1 Å². The summed E-state index contributed by atoms with van der Waals surface area (Å²) in [5.74, 6) is 0.0308. The summed E-state index contributed by atoms with van der Waals surface area (Å²) >= 11 is 5.91. The Bertz CT molecular complexity index is 991. The number of benzene rings is 1. The molecule has 1 saturated carbocycles. The molecule has 4 rings (SSSR count). The number of hydrogen-bond donors (Lipinski definition) is 2. The molecule has 176 valence electrons. The second kappa shape index (κ2) is 10.3. The van der Waals surface area contributed by atoms with Gasteiger partial charge in [0.2, 0.25) is 17.8 Å². The lowest BCUT2D eigenvalue weighted by atomic mass is 9.82. The molecular weight excluding hydrogens is 448 g/mol. The largest absolute Gasteiger partial charge is 0.457 e. The van der Waals surface area contributed by atoms with E-state index in [4.69, 9.17) is 26.8 Å².